The molecule has 6 heteroatoms. The smallest absolute Gasteiger partial charge is 0.335 e. The van der Waals surface area contributed by atoms with Crippen LogP contribution in [-0.2, 0) is 4.79 Å². The second-order valence-electron chi connectivity index (χ2n) is 4.14. The van der Waals surface area contributed by atoms with Gasteiger partial charge in [-0.05, 0) is 37.6 Å². The summed E-state index contributed by atoms with van der Waals surface area (Å²) in [5.41, 5.74) is -0.167. The third-order valence-corrected chi connectivity index (χ3v) is 2.85. The lowest BCUT2D eigenvalue weighted by Crippen LogP contribution is -2.35. The summed E-state index contributed by atoms with van der Waals surface area (Å²) in [5.74, 6) is -2.15. The van der Waals surface area contributed by atoms with E-state index < -0.39 is 11.8 Å². The second kappa shape index (κ2) is 5.14. The van der Waals surface area contributed by atoms with Crippen molar-refractivity contribution in [3.63, 3.8) is 0 Å². The molecular formula is C12H13FN2O3. The summed E-state index contributed by atoms with van der Waals surface area (Å²) in [6, 6.07) is 2.96. The van der Waals surface area contributed by atoms with Gasteiger partial charge in [-0.3, -0.25) is 4.79 Å². The van der Waals surface area contributed by atoms with E-state index in [0.29, 0.717) is 6.42 Å². The molecule has 1 aliphatic rings. The van der Waals surface area contributed by atoms with Crippen molar-refractivity contribution in [2.75, 3.05) is 11.9 Å². The zero-order valence-corrected chi connectivity index (χ0v) is 9.57. The molecule has 2 rings (SSSR count). The zero-order valence-electron chi connectivity index (χ0n) is 9.57. The van der Waals surface area contributed by atoms with Crippen molar-refractivity contribution in [1.29, 1.82) is 0 Å². The summed E-state index contributed by atoms with van der Waals surface area (Å²) in [6.45, 7) is 0.760. The van der Waals surface area contributed by atoms with Gasteiger partial charge < -0.3 is 15.7 Å². The highest BCUT2D eigenvalue weighted by Crippen LogP contribution is 2.17. The molecule has 1 aliphatic heterocycles. The van der Waals surface area contributed by atoms with Crippen molar-refractivity contribution < 1.29 is 19.1 Å². The van der Waals surface area contributed by atoms with Gasteiger partial charge in [0.15, 0.2) is 0 Å². The van der Waals surface area contributed by atoms with Crippen molar-refractivity contribution in [1.82, 2.24) is 5.32 Å². The van der Waals surface area contributed by atoms with Gasteiger partial charge in [0.1, 0.15) is 5.82 Å². The molecular weight excluding hydrogens is 239 g/mol. The number of anilines is 1. The van der Waals surface area contributed by atoms with Crippen molar-refractivity contribution in [2.45, 2.75) is 18.9 Å². The molecule has 1 amide bonds. The van der Waals surface area contributed by atoms with E-state index in [2.05, 4.69) is 10.6 Å². The first-order chi connectivity index (χ1) is 8.58. The fourth-order valence-electron chi connectivity index (χ4n) is 1.88. The highest BCUT2D eigenvalue weighted by molar-refractivity contribution is 5.96. The van der Waals surface area contributed by atoms with E-state index in [1.54, 1.807) is 0 Å². The molecule has 18 heavy (non-hydrogen) atoms. The molecule has 1 saturated heterocycles. The van der Waals surface area contributed by atoms with Crippen LogP contribution in [0.2, 0.25) is 0 Å². The molecule has 1 fully saturated rings. The number of hydrogen-bond donors (Lipinski definition) is 3. The Kier molecular flexibility index (Phi) is 3.57. The largest absolute Gasteiger partial charge is 0.478 e. The third kappa shape index (κ3) is 2.65. The van der Waals surface area contributed by atoms with Crippen LogP contribution in [-0.4, -0.2) is 29.6 Å². The summed E-state index contributed by atoms with van der Waals surface area (Å²) >= 11 is 0. The lowest BCUT2D eigenvalue weighted by molar-refractivity contribution is -0.117. The molecule has 0 bridgehead atoms. The van der Waals surface area contributed by atoms with Gasteiger partial charge in [0.25, 0.3) is 0 Å². The van der Waals surface area contributed by atoms with Gasteiger partial charge in [-0.1, -0.05) is 0 Å². The van der Waals surface area contributed by atoms with E-state index in [-0.39, 0.29) is 23.2 Å². The van der Waals surface area contributed by atoms with E-state index in [4.69, 9.17) is 5.11 Å². The lowest BCUT2D eigenvalue weighted by Gasteiger charge is -2.12. The molecule has 96 valence electrons. The highest BCUT2D eigenvalue weighted by Gasteiger charge is 2.23. The maximum atomic E-state index is 13.5. The molecule has 0 radical (unpaired) electrons. The van der Waals surface area contributed by atoms with Crippen LogP contribution in [0.5, 0.6) is 0 Å². The third-order valence-electron chi connectivity index (χ3n) is 2.85. The first-order valence-electron chi connectivity index (χ1n) is 5.65. The van der Waals surface area contributed by atoms with Gasteiger partial charge in [-0.2, -0.15) is 0 Å². The summed E-state index contributed by atoms with van der Waals surface area (Å²) in [4.78, 5) is 22.5. The Labute approximate surface area is 103 Å². The number of carbonyl (C=O) groups excluding carboxylic acids is 1. The number of benzene rings is 1. The van der Waals surface area contributed by atoms with E-state index in [1.165, 1.54) is 0 Å². The maximum absolute atomic E-state index is 13.5. The minimum atomic E-state index is -1.16. The number of rotatable bonds is 3. The van der Waals surface area contributed by atoms with E-state index in [0.717, 1.165) is 31.2 Å². The molecule has 5 nitrogen and oxygen atoms in total. The fourth-order valence-corrected chi connectivity index (χ4v) is 1.88. The predicted molar refractivity (Wildman–Crippen MR) is 63.0 cm³/mol. The quantitative estimate of drug-likeness (QED) is 0.755. The van der Waals surface area contributed by atoms with E-state index in [1.807, 2.05) is 0 Å². The van der Waals surface area contributed by atoms with Crippen LogP contribution in [0.15, 0.2) is 18.2 Å². The SMILES string of the molecule is O=C(O)c1ccc(F)c(NC(=O)[C@@H]2CCCN2)c1. The molecule has 0 aliphatic carbocycles. The summed E-state index contributed by atoms with van der Waals surface area (Å²) < 4.78 is 13.5. The van der Waals surface area contributed by atoms with Crippen molar-refractivity contribution in [2.24, 2.45) is 0 Å². The number of amides is 1. The van der Waals surface area contributed by atoms with Gasteiger partial charge in [0.2, 0.25) is 5.91 Å². The molecule has 1 heterocycles. The fraction of sp³-hybridized carbons (Fsp3) is 0.333. The Morgan fingerprint density at radius 3 is 2.83 bits per heavy atom. The van der Waals surface area contributed by atoms with Crippen LogP contribution < -0.4 is 10.6 Å². The van der Waals surface area contributed by atoms with Crippen LogP contribution in [0.3, 0.4) is 0 Å². The first-order valence-corrected chi connectivity index (χ1v) is 5.65. The van der Waals surface area contributed by atoms with Crippen LogP contribution in [0.1, 0.15) is 23.2 Å². The Morgan fingerprint density at radius 2 is 2.22 bits per heavy atom. The molecule has 0 unspecified atom stereocenters. The Bertz CT molecular complexity index is 484. The van der Waals surface area contributed by atoms with Crippen molar-refractivity contribution in [3.05, 3.63) is 29.6 Å². The first kappa shape index (κ1) is 12.5. The monoisotopic (exact) mass is 252 g/mol. The minimum absolute atomic E-state index is 0.0638. The van der Waals surface area contributed by atoms with Gasteiger partial charge in [-0.15, -0.1) is 0 Å². The Morgan fingerprint density at radius 1 is 1.44 bits per heavy atom. The number of carbonyl (C=O) groups is 2. The molecule has 0 spiro atoms. The number of nitrogens with one attached hydrogen (secondary N) is 2. The summed E-state index contributed by atoms with van der Waals surface area (Å²) in [7, 11) is 0. The van der Waals surface area contributed by atoms with E-state index in [9.17, 15) is 14.0 Å². The van der Waals surface area contributed by atoms with Gasteiger partial charge >= 0.3 is 5.97 Å². The maximum Gasteiger partial charge on any atom is 0.335 e. The van der Waals surface area contributed by atoms with Crippen LogP contribution >= 0.6 is 0 Å². The van der Waals surface area contributed by atoms with Crippen molar-refractivity contribution >= 4 is 17.6 Å². The number of aromatic carboxylic acids is 1. The molecule has 1 aromatic carbocycles. The minimum Gasteiger partial charge on any atom is -0.478 e. The highest BCUT2D eigenvalue weighted by atomic mass is 19.1. The normalized spacial score (nSPS) is 18.6. The standard InChI is InChI=1S/C12H13FN2O3/c13-8-4-3-7(12(17)18)6-10(8)15-11(16)9-2-1-5-14-9/h3-4,6,9,14H,1-2,5H2,(H,15,16)(H,17,18)/t9-/m0/s1. The zero-order chi connectivity index (χ0) is 13.1. The van der Waals surface area contributed by atoms with Gasteiger partial charge in [-0.25, -0.2) is 9.18 Å². The molecule has 1 aromatic rings. The topological polar surface area (TPSA) is 78.4 Å². The van der Waals surface area contributed by atoms with E-state index >= 15 is 0 Å². The number of carboxylic acid groups (broad SMARTS) is 1. The van der Waals surface area contributed by atoms with Crippen LogP contribution in [0, 0.1) is 5.82 Å². The predicted octanol–water partition coefficient (Wildman–Crippen LogP) is 1.21. The lowest BCUT2D eigenvalue weighted by atomic mass is 10.1. The molecule has 3 N–H and O–H groups in total. The number of halogens is 1. The van der Waals surface area contributed by atoms with Crippen LogP contribution in [0.4, 0.5) is 10.1 Å². The summed E-state index contributed by atoms with van der Waals surface area (Å²) in [5, 5.41) is 14.2. The summed E-state index contributed by atoms with van der Waals surface area (Å²) in [6.07, 6.45) is 1.60. The van der Waals surface area contributed by atoms with Crippen molar-refractivity contribution in [3.8, 4) is 0 Å². The van der Waals surface area contributed by atoms with Gasteiger partial charge in [0, 0.05) is 0 Å². The molecule has 0 saturated carbocycles. The Balaban J connectivity index is 2.14. The average molecular weight is 252 g/mol. The Hall–Kier alpha value is -1.95. The average Bonchev–Trinajstić information content (AvgIpc) is 2.85. The number of carboxylic acids is 1. The molecule has 1 atom stereocenters. The van der Waals surface area contributed by atoms with Gasteiger partial charge in [0.05, 0.1) is 17.3 Å². The second-order valence-corrected chi connectivity index (χ2v) is 4.14. The molecule has 0 aromatic heterocycles. The number of hydrogen-bond acceptors (Lipinski definition) is 3. The van der Waals surface area contributed by atoms with Crippen LogP contribution in [0.25, 0.3) is 0 Å².